The van der Waals surface area contributed by atoms with Crippen LogP contribution in [0.3, 0.4) is 0 Å². The Kier molecular flexibility index (Phi) is 4.63. The van der Waals surface area contributed by atoms with E-state index in [0.29, 0.717) is 0 Å². The van der Waals surface area contributed by atoms with Crippen LogP contribution in [0, 0.1) is 29.1 Å². The van der Waals surface area contributed by atoms with Crippen molar-refractivity contribution in [1.29, 1.82) is 0 Å². The minimum Gasteiger partial charge on any atom is -0.405 e. The first-order chi connectivity index (χ1) is 10.2. The van der Waals surface area contributed by atoms with Crippen molar-refractivity contribution in [1.82, 2.24) is 0 Å². The first-order valence-electron chi connectivity index (χ1n) is 5.48. The molecule has 0 aliphatic rings. The van der Waals surface area contributed by atoms with E-state index < -0.39 is 41.8 Å². The van der Waals surface area contributed by atoms with Crippen molar-refractivity contribution in [3.63, 3.8) is 0 Å². The monoisotopic (exact) mass is 358 g/mol. The SMILES string of the molecule is O=P(Cl)(Oc1ccccc1)Oc1c(F)c(F)c(F)c(F)c1F. The minimum absolute atomic E-state index is 0.0929. The maximum atomic E-state index is 13.4. The van der Waals surface area contributed by atoms with Crippen molar-refractivity contribution in [2.24, 2.45) is 0 Å². The molecule has 0 saturated heterocycles. The van der Waals surface area contributed by atoms with E-state index in [1.165, 1.54) is 24.3 Å². The Hall–Kier alpha value is -1.79. The lowest BCUT2D eigenvalue weighted by atomic mass is 10.3. The van der Waals surface area contributed by atoms with Crippen LogP contribution in [0.4, 0.5) is 22.0 Å². The number of halogens is 6. The Bertz CT molecular complexity index is 727. The molecule has 0 aromatic heterocycles. The molecule has 0 bridgehead atoms. The average molecular weight is 359 g/mol. The zero-order valence-electron chi connectivity index (χ0n) is 10.3. The third-order valence-electron chi connectivity index (χ3n) is 2.33. The fourth-order valence-corrected chi connectivity index (χ4v) is 2.64. The summed E-state index contributed by atoms with van der Waals surface area (Å²) in [5.74, 6) is -13.4. The Morgan fingerprint density at radius 2 is 1.23 bits per heavy atom. The van der Waals surface area contributed by atoms with Gasteiger partial charge in [-0.05, 0) is 12.1 Å². The Balaban J connectivity index is 2.36. The third kappa shape index (κ3) is 3.34. The molecule has 0 radical (unpaired) electrons. The molecule has 2 aromatic carbocycles. The maximum absolute atomic E-state index is 13.4. The molecule has 0 heterocycles. The molecule has 10 heteroatoms. The van der Waals surface area contributed by atoms with Crippen LogP contribution < -0.4 is 9.05 Å². The van der Waals surface area contributed by atoms with Gasteiger partial charge in [0.25, 0.3) is 0 Å². The quantitative estimate of drug-likeness (QED) is 0.327. The molecule has 2 rings (SSSR count). The fraction of sp³-hybridized carbons (Fsp3) is 0. The van der Waals surface area contributed by atoms with Crippen molar-refractivity contribution in [2.45, 2.75) is 0 Å². The number of hydrogen-bond acceptors (Lipinski definition) is 3. The largest absolute Gasteiger partial charge is 0.530 e. The van der Waals surface area contributed by atoms with Gasteiger partial charge in [0.2, 0.25) is 34.8 Å². The predicted molar refractivity (Wildman–Crippen MR) is 67.4 cm³/mol. The van der Waals surface area contributed by atoms with Crippen molar-refractivity contribution >= 4 is 18.2 Å². The van der Waals surface area contributed by atoms with Gasteiger partial charge in [0.1, 0.15) is 5.75 Å². The number of hydrogen-bond donors (Lipinski definition) is 0. The summed E-state index contributed by atoms with van der Waals surface area (Å²) in [6.07, 6.45) is 0. The summed E-state index contributed by atoms with van der Waals surface area (Å²) in [5, 5.41) is 0. The molecule has 22 heavy (non-hydrogen) atoms. The van der Waals surface area contributed by atoms with E-state index in [1.807, 2.05) is 0 Å². The highest BCUT2D eigenvalue weighted by atomic mass is 35.7. The molecular weight excluding hydrogens is 354 g/mol. The lowest BCUT2D eigenvalue weighted by Gasteiger charge is -2.15. The van der Waals surface area contributed by atoms with Gasteiger partial charge in [-0.2, -0.15) is 8.78 Å². The molecular formula is C12H5ClF5O3P. The average Bonchev–Trinajstić information content (AvgIpc) is 2.48. The molecule has 2 aromatic rings. The Morgan fingerprint density at radius 3 is 1.73 bits per heavy atom. The molecule has 0 aliphatic carbocycles. The van der Waals surface area contributed by atoms with Crippen LogP contribution in [0.2, 0.25) is 0 Å². The fourth-order valence-electron chi connectivity index (χ4n) is 1.40. The first kappa shape index (κ1) is 16.6. The van der Waals surface area contributed by atoms with Crippen molar-refractivity contribution in [2.75, 3.05) is 0 Å². The van der Waals surface area contributed by atoms with E-state index in [-0.39, 0.29) is 5.75 Å². The van der Waals surface area contributed by atoms with Gasteiger partial charge in [0.05, 0.1) is 0 Å². The normalized spacial score (nSPS) is 13.5. The van der Waals surface area contributed by atoms with E-state index in [9.17, 15) is 26.5 Å². The van der Waals surface area contributed by atoms with Crippen LogP contribution in [0.25, 0.3) is 0 Å². The smallest absolute Gasteiger partial charge is 0.405 e. The standard InChI is InChI=1S/C12H5ClF5O3P/c13-22(19,20-6-4-2-1-3-5-6)21-12-10(17)8(15)7(14)9(16)11(12)18/h1-5H. The minimum atomic E-state index is -4.71. The second-order valence-corrected chi connectivity index (χ2v) is 6.29. The van der Waals surface area contributed by atoms with E-state index in [0.717, 1.165) is 0 Å². The summed E-state index contributed by atoms with van der Waals surface area (Å²) in [6, 6.07) is 7.08. The molecule has 1 unspecified atom stereocenters. The highest BCUT2D eigenvalue weighted by Crippen LogP contribution is 2.54. The van der Waals surface area contributed by atoms with Crippen LogP contribution in [-0.4, -0.2) is 0 Å². The number of para-hydroxylation sites is 1. The molecule has 1 atom stereocenters. The summed E-state index contributed by atoms with van der Waals surface area (Å²) in [6.45, 7) is -4.71. The number of benzene rings is 2. The Labute approximate surface area is 125 Å². The lowest BCUT2D eigenvalue weighted by Crippen LogP contribution is -2.06. The van der Waals surface area contributed by atoms with Gasteiger partial charge in [-0.25, -0.2) is 17.7 Å². The Morgan fingerprint density at radius 1 is 0.773 bits per heavy atom. The topological polar surface area (TPSA) is 35.5 Å². The molecule has 0 N–H and O–H groups in total. The van der Waals surface area contributed by atoms with Gasteiger partial charge in [0.15, 0.2) is 0 Å². The lowest BCUT2D eigenvalue weighted by molar-refractivity contribution is 0.333. The molecule has 3 nitrogen and oxygen atoms in total. The van der Waals surface area contributed by atoms with Gasteiger partial charge < -0.3 is 9.05 Å². The van der Waals surface area contributed by atoms with Crippen LogP contribution in [0.5, 0.6) is 11.5 Å². The molecule has 0 spiro atoms. The van der Waals surface area contributed by atoms with Crippen molar-refractivity contribution < 1.29 is 35.6 Å². The van der Waals surface area contributed by atoms with Gasteiger partial charge in [0, 0.05) is 11.2 Å². The van der Waals surface area contributed by atoms with E-state index in [1.54, 1.807) is 6.07 Å². The zero-order chi connectivity index (χ0) is 16.5. The second-order valence-electron chi connectivity index (χ2n) is 3.83. The van der Waals surface area contributed by atoms with E-state index in [2.05, 4.69) is 9.05 Å². The van der Waals surface area contributed by atoms with Gasteiger partial charge >= 0.3 is 6.95 Å². The maximum Gasteiger partial charge on any atom is 0.530 e. The number of rotatable bonds is 4. The van der Waals surface area contributed by atoms with Crippen LogP contribution in [0.1, 0.15) is 0 Å². The second kappa shape index (κ2) is 6.14. The van der Waals surface area contributed by atoms with Crippen molar-refractivity contribution in [3.05, 3.63) is 59.4 Å². The van der Waals surface area contributed by atoms with E-state index >= 15 is 0 Å². The zero-order valence-corrected chi connectivity index (χ0v) is 12.0. The van der Waals surface area contributed by atoms with Gasteiger partial charge in [-0.3, -0.25) is 0 Å². The molecule has 0 aliphatic heterocycles. The van der Waals surface area contributed by atoms with Crippen LogP contribution in [0.15, 0.2) is 30.3 Å². The molecule has 0 amide bonds. The summed E-state index contributed by atoms with van der Waals surface area (Å²) >= 11 is 5.33. The van der Waals surface area contributed by atoms with Crippen molar-refractivity contribution in [3.8, 4) is 11.5 Å². The summed E-state index contributed by atoms with van der Waals surface area (Å²) in [4.78, 5) is 0. The molecule has 0 saturated carbocycles. The van der Waals surface area contributed by atoms with Crippen LogP contribution in [-0.2, 0) is 4.57 Å². The summed E-state index contributed by atoms with van der Waals surface area (Å²) < 4.78 is 86.3. The van der Waals surface area contributed by atoms with Gasteiger partial charge in [-0.15, -0.1) is 0 Å². The highest BCUT2D eigenvalue weighted by molar-refractivity contribution is 7.82. The predicted octanol–water partition coefficient (Wildman–Crippen LogP) is 5.19. The first-order valence-corrected chi connectivity index (χ1v) is 7.93. The summed E-state index contributed by atoms with van der Waals surface area (Å²) in [7, 11) is 0. The molecule has 118 valence electrons. The van der Waals surface area contributed by atoms with E-state index in [4.69, 9.17) is 11.2 Å². The van der Waals surface area contributed by atoms with Gasteiger partial charge in [-0.1, -0.05) is 18.2 Å². The third-order valence-corrected chi connectivity index (χ3v) is 3.57. The summed E-state index contributed by atoms with van der Waals surface area (Å²) in [5.41, 5.74) is 0. The van der Waals surface area contributed by atoms with Crippen LogP contribution >= 0.6 is 18.2 Å². The highest BCUT2D eigenvalue weighted by Gasteiger charge is 2.33. The molecule has 0 fully saturated rings.